The Morgan fingerprint density at radius 3 is 1.87 bits per heavy atom. The molecule has 0 heterocycles. The van der Waals surface area contributed by atoms with E-state index in [9.17, 15) is 14.4 Å². The number of benzene rings is 3. The molecule has 0 aliphatic carbocycles. The number of amides is 1. The minimum Gasteiger partial charge on any atom is -0.449 e. The minimum atomic E-state index is -0.974. The van der Waals surface area contributed by atoms with Crippen molar-refractivity contribution in [3.05, 3.63) is 100 Å². The van der Waals surface area contributed by atoms with E-state index in [-0.39, 0.29) is 11.3 Å². The van der Waals surface area contributed by atoms with Gasteiger partial charge >= 0.3 is 5.97 Å². The van der Waals surface area contributed by atoms with Crippen molar-refractivity contribution in [1.82, 2.24) is 0 Å². The van der Waals surface area contributed by atoms with E-state index in [0.29, 0.717) is 11.1 Å². The molecule has 0 spiro atoms. The van der Waals surface area contributed by atoms with Gasteiger partial charge in [-0.15, -0.1) is 0 Å². The molecule has 31 heavy (non-hydrogen) atoms. The number of carbonyl (C=O) groups excluding carboxylic acids is 3. The lowest BCUT2D eigenvalue weighted by Crippen LogP contribution is -2.30. The summed E-state index contributed by atoms with van der Waals surface area (Å²) in [5, 5.41) is 2.84. The lowest BCUT2D eigenvalue weighted by Gasteiger charge is -2.17. The summed E-state index contributed by atoms with van der Waals surface area (Å²) in [6, 6.07) is 19.1. The van der Waals surface area contributed by atoms with Crippen molar-refractivity contribution in [2.24, 2.45) is 0 Å². The number of nitrogens with one attached hydrogen (secondary N) is 1. The quantitative estimate of drug-likeness (QED) is 0.453. The Kier molecular flexibility index (Phi) is 6.65. The van der Waals surface area contributed by atoms with Crippen LogP contribution < -0.4 is 5.32 Å². The van der Waals surface area contributed by atoms with Crippen LogP contribution in [-0.4, -0.2) is 23.8 Å². The third kappa shape index (κ3) is 5.25. The molecule has 0 saturated carbocycles. The molecule has 0 aromatic heterocycles. The second-order valence-corrected chi connectivity index (χ2v) is 7.58. The highest BCUT2D eigenvalue weighted by Crippen LogP contribution is 2.22. The average molecular weight is 415 g/mol. The first-order valence-electron chi connectivity index (χ1n) is 10.1. The van der Waals surface area contributed by atoms with Crippen LogP contribution >= 0.6 is 0 Å². The Labute approximate surface area is 182 Å². The number of ether oxygens (including phenoxy) is 1. The van der Waals surface area contributed by atoms with Gasteiger partial charge in [0.25, 0.3) is 5.91 Å². The topological polar surface area (TPSA) is 72.5 Å². The Bertz CT molecular complexity index is 1090. The summed E-state index contributed by atoms with van der Waals surface area (Å²) in [7, 11) is 0. The van der Waals surface area contributed by atoms with Crippen LogP contribution in [0.5, 0.6) is 0 Å². The SMILES string of the molecule is Cc1cc(C)c(NC(=O)[C@H](C)OC(=O)c2ccc(C(=O)c3ccccc3)cc2)c(C)c1. The summed E-state index contributed by atoms with van der Waals surface area (Å²) in [6.07, 6.45) is -0.974. The number of esters is 1. The molecule has 0 bridgehead atoms. The van der Waals surface area contributed by atoms with Crippen LogP contribution in [0.3, 0.4) is 0 Å². The zero-order valence-electron chi connectivity index (χ0n) is 18.1. The van der Waals surface area contributed by atoms with Crippen molar-refractivity contribution in [3.8, 4) is 0 Å². The third-order valence-electron chi connectivity index (χ3n) is 5.00. The molecular weight excluding hydrogens is 390 g/mol. The van der Waals surface area contributed by atoms with Crippen LogP contribution in [0.25, 0.3) is 0 Å². The van der Waals surface area contributed by atoms with Gasteiger partial charge in [0.2, 0.25) is 0 Å². The van der Waals surface area contributed by atoms with Crippen molar-refractivity contribution in [2.45, 2.75) is 33.8 Å². The number of anilines is 1. The molecule has 0 aliphatic heterocycles. The van der Waals surface area contributed by atoms with Crippen molar-refractivity contribution in [3.63, 3.8) is 0 Å². The second kappa shape index (κ2) is 9.39. The van der Waals surface area contributed by atoms with Crippen LogP contribution in [0, 0.1) is 20.8 Å². The number of aryl methyl sites for hydroxylation is 3. The smallest absolute Gasteiger partial charge is 0.338 e. The number of carbonyl (C=O) groups is 3. The Morgan fingerprint density at radius 2 is 1.29 bits per heavy atom. The normalized spacial score (nSPS) is 11.5. The third-order valence-corrected chi connectivity index (χ3v) is 5.00. The van der Waals surface area contributed by atoms with Crippen molar-refractivity contribution in [1.29, 1.82) is 0 Å². The molecule has 0 saturated heterocycles. The predicted octanol–water partition coefficient (Wildman–Crippen LogP) is 5.03. The minimum absolute atomic E-state index is 0.128. The van der Waals surface area contributed by atoms with Crippen LogP contribution in [0.1, 0.15) is 49.9 Å². The molecule has 3 aromatic rings. The number of hydrogen-bond acceptors (Lipinski definition) is 4. The fourth-order valence-corrected chi connectivity index (χ4v) is 3.40. The Hall–Kier alpha value is -3.73. The van der Waals surface area contributed by atoms with Crippen LogP contribution in [0.15, 0.2) is 66.7 Å². The fraction of sp³-hybridized carbons (Fsp3) is 0.192. The van der Waals surface area contributed by atoms with Gasteiger partial charge in [0.05, 0.1) is 5.56 Å². The highest BCUT2D eigenvalue weighted by molar-refractivity contribution is 6.09. The summed E-state index contributed by atoms with van der Waals surface area (Å²) in [5.74, 6) is -1.16. The predicted molar refractivity (Wildman–Crippen MR) is 120 cm³/mol. The molecule has 1 N–H and O–H groups in total. The first-order chi connectivity index (χ1) is 14.8. The highest BCUT2D eigenvalue weighted by Gasteiger charge is 2.20. The van der Waals surface area contributed by atoms with Crippen molar-refractivity contribution >= 4 is 23.3 Å². The van der Waals surface area contributed by atoms with Gasteiger partial charge in [-0.3, -0.25) is 9.59 Å². The standard InChI is InChI=1S/C26H25NO4/c1-16-14-17(2)23(18(3)15-16)27-25(29)19(4)31-26(30)22-12-10-21(11-13-22)24(28)20-8-6-5-7-9-20/h5-15,19H,1-4H3,(H,27,29)/t19-/m0/s1. The van der Waals surface area contributed by atoms with E-state index in [4.69, 9.17) is 4.74 Å². The van der Waals surface area contributed by atoms with Crippen LogP contribution in [0.2, 0.25) is 0 Å². The van der Waals surface area contributed by atoms with E-state index < -0.39 is 18.0 Å². The highest BCUT2D eigenvalue weighted by atomic mass is 16.5. The molecular formula is C26H25NO4. The van der Waals surface area contributed by atoms with Crippen molar-refractivity contribution in [2.75, 3.05) is 5.32 Å². The average Bonchev–Trinajstić information content (AvgIpc) is 2.76. The van der Waals surface area contributed by atoms with Gasteiger partial charge in [-0.25, -0.2) is 4.79 Å². The van der Waals surface area contributed by atoms with Gasteiger partial charge in [-0.05, 0) is 51.0 Å². The largest absolute Gasteiger partial charge is 0.449 e. The summed E-state index contributed by atoms with van der Waals surface area (Å²) in [4.78, 5) is 37.5. The van der Waals surface area contributed by atoms with Gasteiger partial charge in [0.1, 0.15) is 0 Å². The van der Waals surface area contributed by atoms with Gasteiger partial charge in [0, 0.05) is 16.8 Å². The maximum atomic E-state index is 12.5. The number of rotatable bonds is 6. The molecule has 3 rings (SSSR count). The monoisotopic (exact) mass is 415 g/mol. The number of hydrogen-bond donors (Lipinski definition) is 1. The van der Waals surface area contributed by atoms with Crippen LogP contribution in [0.4, 0.5) is 5.69 Å². The molecule has 0 aliphatic rings. The molecule has 3 aromatic carbocycles. The molecule has 1 atom stereocenters. The van der Waals surface area contributed by atoms with E-state index >= 15 is 0 Å². The fourth-order valence-electron chi connectivity index (χ4n) is 3.40. The maximum Gasteiger partial charge on any atom is 0.338 e. The zero-order chi connectivity index (χ0) is 22.5. The van der Waals surface area contributed by atoms with Crippen LogP contribution in [-0.2, 0) is 9.53 Å². The summed E-state index contributed by atoms with van der Waals surface area (Å²) in [5.41, 5.74) is 5.05. The molecule has 5 nitrogen and oxygen atoms in total. The molecule has 158 valence electrons. The Balaban J connectivity index is 1.64. The maximum absolute atomic E-state index is 12.5. The summed E-state index contributed by atoms with van der Waals surface area (Å²) < 4.78 is 5.32. The molecule has 1 amide bonds. The van der Waals surface area contributed by atoms with Gasteiger partial charge in [-0.1, -0.05) is 60.2 Å². The van der Waals surface area contributed by atoms with E-state index in [1.165, 1.54) is 19.1 Å². The number of ketones is 1. The lowest BCUT2D eigenvalue weighted by molar-refractivity contribution is -0.123. The Morgan fingerprint density at radius 1 is 0.774 bits per heavy atom. The molecule has 5 heteroatoms. The first kappa shape index (κ1) is 22.0. The molecule has 0 fully saturated rings. The van der Waals surface area contributed by atoms with Gasteiger partial charge in [0.15, 0.2) is 11.9 Å². The van der Waals surface area contributed by atoms with Crippen molar-refractivity contribution < 1.29 is 19.1 Å². The summed E-state index contributed by atoms with van der Waals surface area (Å²) >= 11 is 0. The lowest BCUT2D eigenvalue weighted by atomic mass is 10.0. The van der Waals surface area contributed by atoms with Gasteiger partial charge < -0.3 is 10.1 Å². The first-order valence-corrected chi connectivity index (χ1v) is 10.1. The molecule has 0 unspecified atom stereocenters. The van der Waals surface area contributed by atoms with E-state index in [0.717, 1.165) is 22.4 Å². The molecule has 0 radical (unpaired) electrons. The van der Waals surface area contributed by atoms with E-state index in [2.05, 4.69) is 5.32 Å². The second-order valence-electron chi connectivity index (χ2n) is 7.58. The van der Waals surface area contributed by atoms with E-state index in [1.54, 1.807) is 36.4 Å². The zero-order valence-corrected chi connectivity index (χ0v) is 18.1. The van der Waals surface area contributed by atoms with E-state index in [1.807, 2.05) is 39.0 Å². The summed E-state index contributed by atoms with van der Waals surface area (Å²) in [6.45, 7) is 7.36. The van der Waals surface area contributed by atoms with Gasteiger partial charge in [-0.2, -0.15) is 0 Å².